The Bertz CT molecular complexity index is 608. The van der Waals surface area contributed by atoms with Crippen LogP contribution in [0.5, 0.6) is 0 Å². The van der Waals surface area contributed by atoms with E-state index < -0.39 is 6.09 Å². The van der Waals surface area contributed by atoms with Crippen molar-refractivity contribution in [3.63, 3.8) is 0 Å². The van der Waals surface area contributed by atoms with Gasteiger partial charge in [0.1, 0.15) is 0 Å². The number of aliphatic imine (C=N–C) groups is 1. The average molecular weight is 460 g/mol. The number of carbonyl (C=O) groups excluding carboxylic acids is 1. The Labute approximate surface area is 165 Å². The molecule has 7 nitrogen and oxygen atoms in total. The lowest BCUT2D eigenvalue weighted by molar-refractivity contribution is 0.0992. The lowest BCUT2D eigenvalue weighted by Gasteiger charge is -2.22. The second kappa shape index (κ2) is 9.23. The number of fused-ring (bicyclic) bond motifs is 2. The van der Waals surface area contributed by atoms with Crippen molar-refractivity contribution >= 4 is 41.7 Å². The molecule has 2 heterocycles. The van der Waals surface area contributed by atoms with Crippen molar-refractivity contribution in [2.24, 2.45) is 4.99 Å². The van der Waals surface area contributed by atoms with Crippen LogP contribution in [-0.4, -0.2) is 44.5 Å². The molecule has 2 aliphatic heterocycles. The first-order valence-electron chi connectivity index (χ1n) is 8.24. The lowest BCUT2D eigenvalue weighted by Crippen LogP contribution is -2.47. The smallest absolute Gasteiger partial charge is 0.411 e. The molecule has 1 amide bonds. The zero-order valence-electron chi connectivity index (χ0n) is 14.5. The van der Waals surface area contributed by atoms with E-state index in [2.05, 4.69) is 25.7 Å². The van der Waals surface area contributed by atoms with Crippen LogP contribution < -0.4 is 16.0 Å². The molecular formula is C17H25IN4O3. The van der Waals surface area contributed by atoms with Gasteiger partial charge in [0.2, 0.25) is 0 Å². The SMILES string of the molecule is CN=C(NCc1ccc(NC(=O)OC)cc1)NC1CC2CCC1O2.I. The van der Waals surface area contributed by atoms with Crippen molar-refractivity contribution in [2.45, 2.75) is 44.1 Å². The summed E-state index contributed by atoms with van der Waals surface area (Å²) in [5, 5.41) is 9.39. The molecule has 2 fully saturated rings. The van der Waals surface area contributed by atoms with E-state index in [1.165, 1.54) is 13.5 Å². The number of anilines is 1. The highest BCUT2D eigenvalue weighted by Crippen LogP contribution is 2.34. The van der Waals surface area contributed by atoms with E-state index in [1.54, 1.807) is 7.05 Å². The molecule has 138 valence electrons. The van der Waals surface area contributed by atoms with Crippen molar-refractivity contribution in [3.05, 3.63) is 29.8 Å². The molecule has 0 saturated carbocycles. The molecule has 2 bridgehead atoms. The molecular weight excluding hydrogens is 435 g/mol. The van der Waals surface area contributed by atoms with Crippen LogP contribution in [0.3, 0.4) is 0 Å². The Morgan fingerprint density at radius 1 is 1.32 bits per heavy atom. The second-order valence-corrected chi connectivity index (χ2v) is 6.10. The molecule has 3 unspecified atom stereocenters. The van der Waals surface area contributed by atoms with Crippen LogP contribution in [-0.2, 0) is 16.0 Å². The monoisotopic (exact) mass is 460 g/mol. The molecule has 8 heteroatoms. The number of halogens is 1. The summed E-state index contributed by atoms with van der Waals surface area (Å²) in [7, 11) is 3.11. The maximum absolute atomic E-state index is 11.2. The van der Waals surface area contributed by atoms with Crippen molar-refractivity contribution in [2.75, 3.05) is 19.5 Å². The van der Waals surface area contributed by atoms with Gasteiger partial charge in [-0.05, 0) is 37.0 Å². The zero-order valence-corrected chi connectivity index (χ0v) is 16.8. The van der Waals surface area contributed by atoms with E-state index in [0.717, 1.165) is 24.4 Å². The predicted molar refractivity (Wildman–Crippen MR) is 108 cm³/mol. The number of hydrogen-bond acceptors (Lipinski definition) is 4. The van der Waals surface area contributed by atoms with Crippen LogP contribution in [0.4, 0.5) is 10.5 Å². The minimum Gasteiger partial charge on any atom is -0.453 e. The quantitative estimate of drug-likeness (QED) is 0.366. The number of rotatable bonds is 4. The van der Waals surface area contributed by atoms with Crippen LogP contribution in [0.1, 0.15) is 24.8 Å². The largest absolute Gasteiger partial charge is 0.453 e. The summed E-state index contributed by atoms with van der Waals surface area (Å²) >= 11 is 0. The van der Waals surface area contributed by atoms with Gasteiger partial charge in [0.05, 0.1) is 25.4 Å². The first-order chi connectivity index (χ1) is 11.7. The number of carbonyl (C=O) groups is 1. The summed E-state index contributed by atoms with van der Waals surface area (Å²) in [5.74, 6) is 0.785. The van der Waals surface area contributed by atoms with Gasteiger partial charge in [0.15, 0.2) is 5.96 Å². The number of ether oxygens (including phenoxy) is 2. The number of guanidine groups is 1. The molecule has 3 atom stereocenters. The Morgan fingerprint density at radius 3 is 2.64 bits per heavy atom. The number of benzene rings is 1. The standard InChI is InChI=1S/C17H24N4O3.HI/c1-18-16(21-14-9-13-7-8-15(14)24-13)19-10-11-3-5-12(6-4-11)20-17(22)23-2;/h3-6,13-15H,7-10H2,1-2H3,(H,20,22)(H2,18,19,21);1H. The van der Waals surface area contributed by atoms with Gasteiger partial charge < -0.3 is 20.1 Å². The molecule has 0 aliphatic carbocycles. The van der Waals surface area contributed by atoms with Crippen LogP contribution in [0.2, 0.25) is 0 Å². The molecule has 1 aromatic carbocycles. The van der Waals surface area contributed by atoms with Crippen LogP contribution in [0, 0.1) is 0 Å². The van der Waals surface area contributed by atoms with Gasteiger partial charge in [-0.3, -0.25) is 10.3 Å². The highest BCUT2D eigenvalue weighted by molar-refractivity contribution is 14.0. The van der Waals surface area contributed by atoms with Crippen molar-refractivity contribution in [1.29, 1.82) is 0 Å². The summed E-state index contributed by atoms with van der Waals surface area (Å²) < 4.78 is 10.4. The van der Waals surface area contributed by atoms with E-state index in [0.29, 0.717) is 30.5 Å². The highest BCUT2D eigenvalue weighted by atomic mass is 127. The van der Waals surface area contributed by atoms with Gasteiger partial charge in [-0.25, -0.2) is 4.79 Å². The summed E-state index contributed by atoms with van der Waals surface area (Å²) in [6.45, 7) is 0.653. The fourth-order valence-electron chi connectivity index (χ4n) is 3.22. The number of hydrogen-bond donors (Lipinski definition) is 3. The minimum atomic E-state index is -0.474. The molecule has 0 aromatic heterocycles. The maximum Gasteiger partial charge on any atom is 0.411 e. The van der Waals surface area contributed by atoms with Crippen molar-refractivity contribution in [1.82, 2.24) is 10.6 Å². The Balaban J connectivity index is 0.00000225. The Hall–Kier alpha value is -1.55. The minimum absolute atomic E-state index is 0. The molecule has 0 spiro atoms. The number of methoxy groups -OCH3 is 1. The van der Waals surface area contributed by atoms with Gasteiger partial charge in [-0.15, -0.1) is 24.0 Å². The normalized spacial score (nSPS) is 24.4. The molecule has 25 heavy (non-hydrogen) atoms. The fraction of sp³-hybridized carbons (Fsp3) is 0.529. The van der Waals surface area contributed by atoms with Crippen LogP contribution in [0.25, 0.3) is 0 Å². The molecule has 2 aliphatic rings. The van der Waals surface area contributed by atoms with E-state index in [1.807, 2.05) is 24.3 Å². The molecule has 1 aromatic rings. The average Bonchev–Trinajstić information content (AvgIpc) is 3.22. The van der Waals surface area contributed by atoms with Gasteiger partial charge in [0.25, 0.3) is 0 Å². The first kappa shape index (κ1) is 19.8. The van der Waals surface area contributed by atoms with Crippen LogP contribution in [0.15, 0.2) is 29.3 Å². The summed E-state index contributed by atoms with van der Waals surface area (Å²) in [4.78, 5) is 15.4. The third kappa shape index (κ3) is 5.21. The first-order valence-corrected chi connectivity index (χ1v) is 8.24. The molecule has 0 radical (unpaired) electrons. The number of amides is 1. The molecule has 3 N–H and O–H groups in total. The lowest BCUT2D eigenvalue weighted by atomic mass is 9.96. The van der Waals surface area contributed by atoms with E-state index in [4.69, 9.17) is 4.74 Å². The van der Waals surface area contributed by atoms with Crippen LogP contribution >= 0.6 is 24.0 Å². The van der Waals surface area contributed by atoms with Gasteiger partial charge in [0, 0.05) is 19.3 Å². The second-order valence-electron chi connectivity index (χ2n) is 6.10. The van der Waals surface area contributed by atoms with Gasteiger partial charge >= 0.3 is 6.09 Å². The maximum atomic E-state index is 11.2. The van der Waals surface area contributed by atoms with E-state index in [9.17, 15) is 4.79 Å². The Kier molecular flexibility index (Phi) is 7.30. The zero-order chi connectivity index (χ0) is 16.9. The topological polar surface area (TPSA) is 84.0 Å². The fourth-order valence-corrected chi connectivity index (χ4v) is 3.22. The summed E-state index contributed by atoms with van der Waals surface area (Å²) in [6, 6.07) is 7.93. The van der Waals surface area contributed by atoms with Crippen molar-refractivity contribution in [3.8, 4) is 0 Å². The third-order valence-electron chi connectivity index (χ3n) is 4.50. The third-order valence-corrected chi connectivity index (χ3v) is 4.50. The van der Waals surface area contributed by atoms with Gasteiger partial charge in [-0.2, -0.15) is 0 Å². The number of nitrogens with one attached hydrogen (secondary N) is 3. The van der Waals surface area contributed by atoms with Gasteiger partial charge in [-0.1, -0.05) is 12.1 Å². The molecule has 2 saturated heterocycles. The summed E-state index contributed by atoms with van der Waals surface area (Å²) in [6.07, 6.45) is 3.63. The van der Waals surface area contributed by atoms with E-state index >= 15 is 0 Å². The predicted octanol–water partition coefficient (Wildman–Crippen LogP) is 2.47. The Morgan fingerprint density at radius 2 is 2.08 bits per heavy atom. The van der Waals surface area contributed by atoms with Crippen molar-refractivity contribution < 1.29 is 14.3 Å². The van der Waals surface area contributed by atoms with E-state index in [-0.39, 0.29) is 24.0 Å². The highest BCUT2D eigenvalue weighted by Gasteiger charge is 2.41. The number of nitrogens with zero attached hydrogens (tertiary/aromatic N) is 1. The molecule has 3 rings (SSSR count). The summed E-state index contributed by atoms with van der Waals surface area (Å²) in [5.41, 5.74) is 1.80.